The van der Waals surface area contributed by atoms with E-state index in [-0.39, 0.29) is 0 Å². The van der Waals surface area contributed by atoms with Gasteiger partial charge in [0.25, 0.3) is 0 Å². The van der Waals surface area contributed by atoms with Crippen molar-refractivity contribution in [2.75, 3.05) is 6.54 Å². The molecule has 0 fully saturated rings. The normalized spacial score (nSPS) is 12.9. The third-order valence-electron chi connectivity index (χ3n) is 1.58. The van der Waals surface area contributed by atoms with Gasteiger partial charge < -0.3 is 5.11 Å². The minimum absolute atomic E-state index is 0.295. The lowest BCUT2D eigenvalue weighted by Crippen LogP contribution is -2.27. The van der Waals surface area contributed by atoms with Crippen molar-refractivity contribution in [2.24, 2.45) is 5.84 Å². The van der Waals surface area contributed by atoms with E-state index in [2.05, 4.69) is 5.43 Å². The van der Waals surface area contributed by atoms with Crippen LogP contribution in [0.25, 0.3) is 0 Å². The highest BCUT2D eigenvalue weighted by Crippen LogP contribution is 2.21. The molecule has 4 N–H and O–H groups in total. The second-order valence-corrected chi connectivity index (χ2v) is 2.85. The van der Waals surface area contributed by atoms with Gasteiger partial charge in [-0.25, -0.2) is 0 Å². The molecular formula is C8H11ClN2O. The molecule has 0 aromatic heterocycles. The number of halogens is 1. The van der Waals surface area contributed by atoms with E-state index in [9.17, 15) is 5.11 Å². The maximum absolute atomic E-state index is 9.47. The molecule has 0 saturated carbocycles. The molecule has 66 valence electrons. The molecule has 0 aliphatic carbocycles. The summed E-state index contributed by atoms with van der Waals surface area (Å²) in [5.41, 5.74) is 3.08. The summed E-state index contributed by atoms with van der Waals surface area (Å²) in [6.45, 7) is 0.295. The maximum Gasteiger partial charge on any atom is 0.0942 e. The lowest BCUT2D eigenvalue weighted by molar-refractivity contribution is 0.175. The van der Waals surface area contributed by atoms with Crippen LogP contribution in [0.3, 0.4) is 0 Å². The second kappa shape index (κ2) is 4.42. The van der Waals surface area contributed by atoms with E-state index in [1.54, 1.807) is 12.1 Å². The van der Waals surface area contributed by atoms with Gasteiger partial charge >= 0.3 is 0 Å². The van der Waals surface area contributed by atoms with Crippen LogP contribution in [-0.2, 0) is 0 Å². The van der Waals surface area contributed by atoms with E-state index in [1.165, 1.54) is 0 Å². The Balaban J connectivity index is 2.79. The Morgan fingerprint density at radius 1 is 1.50 bits per heavy atom. The Labute approximate surface area is 76.1 Å². The zero-order valence-corrected chi connectivity index (χ0v) is 7.25. The van der Waals surface area contributed by atoms with Gasteiger partial charge in [-0.3, -0.25) is 11.3 Å². The van der Waals surface area contributed by atoms with Crippen LogP contribution in [0.1, 0.15) is 11.7 Å². The molecule has 4 heteroatoms. The first kappa shape index (κ1) is 9.48. The molecule has 1 unspecified atom stereocenters. The molecular weight excluding hydrogens is 176 g/mol. The summed E-state index contributed by atoms with van der Waals surface area (Å²) in [6, 6.07) is 7.14. The topological polar surface area (TPSA) is 58.3 Å². The van der Waals surface area contributed by atoms with Crippen LogP contribution in [0.5, 0.6) is 0 Å². The molecule has 12 heavy (non-hydrogen) atoms. The summed E-state index contributed by atoms with van der Waals surface area (Å²) in [5.74, 6) is 5.06. The number of aliphatic hydroxyl groups excluding tert-OH is 1. The van der Waals surface area contributed by atoms with Crippen molar-refractivity contribution in [3.05, 3.63) is 34.9 Å². The van der Waals surface area contributed by atoms with Crippen LogP contribution in [-0.4, -0.2) is 11.7 Å². The van der Waals surface area contributed by atoms with Crippen molar-refractivity contribution in [3.8, 4) is 0 Å². The van der Waals surface area contributed by atoms with Gasteiger partial charge in [-0.2, -0.15) is 0 Å². The van der Waals surface area contributed by atoms with E-state index in [0.717, 1.165) is 0 Å². The molecule has 0 bridgehead atoms. The third kappa shape index (κ3) is 2.19. The Bertz CT molecular complexity index is 255. The number of hydrazine groups is 1. The average molecular weight is 187 g/mol. The number of nitrogens with two attached hydrogens (primary N) is 1. The van der Waals surface area contributed by atoms with Gasteiger partial charge in [-0.05, 0) is 6.07 Å². The quantitative estimate of drug-likeness (QED) is 0.484. The number of hydrogen-bond donors (Lipinski definition) is 3. The van der Waals surface area contributed by atoms with E-state index in [1.807, 2.05) is 12.1 Å². The van der Waals surface area contributed by atoms with E-state index in [4.69, 9.17) is 17.4 Å². The number of nitrogens with one attached hydrogen (secondary N) is 1. The lowest BCUT2D eigenvalue weighted by Gasteiger charge is -2.10. The Hall–Kier alpha value is -0.610. The van der Waals surface area contributed by atoms with Crippen LogP contribution in [0.4, 0.5) is 0 Å². The number of aliphatic hydroxyl groups is 1. The van der Waals surface area contributed by atoms with Gasteiger partial charge in [0.05, 0.1) is 6.10 Å². The Morgan fingerprint density at radius 2 is 2.17 bits per heavy atom. The fraction of sp³-hybridized carbons (Fsp3) is 0.250. The molecule has 0 saturated heterocycles. The molecule has 0 aliphatic heterocycles. The minimum Gasteiger partial charge on any atom is -0.387 e. The first-order chi connectivity index (χ1) is 5.75. The Morgan fingerprint density at radius 3 is 2.75 bits per heavy atom. The molecule has 1 rings (SSSR count). The molecule has 1 aromatic carbocycles. The van der Waals surface area contributed by atoms with E-state index < -0.39 is 6.10 Å². The van der Waals surface area contributed by atoms with Crippen molar-refractivity contribution < 1.29 is 5.11 Å². The van der Waals surface area contributed by atoms with E-state index in [0.29, 0.717) is 17.1 Å². The standard InChI is InChI=1S/C8H11ClN2O/c9-7-4-2-1-3-6(7)8(12)5-11-10/h1-4,8,11-12H,5,10H2. The summed E-state index contributed by atoms with van der Waals surface area (Å²) in [6.07, 6.45) is -0.649. The molecule has 3 nitrogen and oxygen atoms in total. The van der Waals surface area contributed by atoms with Gasteiger partial charge in [0.2, 0.25) is 0 Å². The molecule has 0 spiro atoms. The summed E-state index contributed by atoms with van der Waals surface area (Å²) < 4.78 is 0. The highest BCUT2D eigenvalue weighted by atomic mass is 35.5. The van der Waals surface area contributed by atoms with Crippen molar-refractivity contribution in [2.45, 2.75) is 6.10 Å². The predicted molar refractivity (Wildman–Crippen MR) is 48.6 cm³/mol. The second-order valence-electron chi connectivity index (χ2n) is 2.45. The minimum atomic E-state index is -0.649. The summed E-state index contributed by atoms with van der Waals surface area (Å²) in [4.78, 5) is 0. The summed E-state index contributed by atoms with van der Waals surface area (Å²) in [7, 11) is 0. The van der Waals surface area contributed by atoms with Crippen molar-refractivity contribution in [3.63, 3.8) is 0 Å². The van der Waals surface area contributed by atoms with Gasteiger partial charge in [0.15, 0.2) is 0 Å². The molecule has 0 aliphatic rings. The van der Waals surface area contributed by atoms with Crippen molar-refractivity contribution in [1.82, 2.24) is 5.43 Å². The van der Waals surface area contributed by atoms with Crippen molar-refractivity contribution >= 4 is 11.6 Å². The average Bonchev–Trinajstić information content (AvgIpc) is 2.05. The molecule has 0 heterocycles. The van der Waals surface area contributed by atoms with Crippen LogP contribution < -0.4 is 11.3 Å². The zero-order valence-electron chi connectivity index (χ0n) is 6.50. The molecule has 1 atom stereocenters. The highest BCUT2D eigenvalue weighted by Gasteiger charge is 2.08. The number of benzene rings is 1. The summed E-state index contributed by atoms with van der Waals surface area (Å²) >= 11 is 5.83. The fourth-order valence-electron chi connectivity index (χ4n) is 0.967. The van der Waals surface area contributed by atoms with Crippen LogP contribution in [0.2, 0.25) is 5.02 Å². The first-order valence-electron chi connectivity index (χ1n) is 3.61. The molecule has 1 aromatic rings. The molecule has 0 amide bonds. The number of rotatable bonds is 3. The zero-order chi connectivity index (χ0) is 8.97. The van der Waals surface area contributed by atoms with Gasteiger partial charge in [-0.1, -0.05) is 29.8 Å². The van der Waals surface area contributed by atoms with Gasteiger partial charge in [0.1, 0.15) is 0 Å². The fourth-order valence-corrected chi connectivity index (χ4v) is 1.23. The number of hydrogen-bond acceptors (Lipinski definition) is 3. The van der Waals surface area contributed by atoms with E-state index >= 15 is 0 Å². The smallest absolute Gasteiger partial charge is 0.0942 e. The van der Waals surface area contributed by atoms with Gasteiger partial charge in [-0.15, -0.1) is 0 Å². The maximum atomic E-state index is 9.47. The molecule has 0 radical (unpaired) electrons. The lowest BCUT2D eigenvalue weighted by atomic mass is 10.1. The Kier molecular flexibility index (Phi) is 3.49. The first-order valence-corrected chi connectivity index (χ1v) is 3.99. The highest BCUT2D eigenvalue weighted by molar-refractivity contribution is 6.31. The van der Waals surface area contributed by atoms with Gasteiger partial charge in [0, 0.05) is 17.1 Å². The monoisotopic (exact) mass is 186 g/mol. The van der Waals surface area contributed by atoms with Crippen LogP contribution in [0, 0.1) is 0 Å². The van der Waals surface area contributed by atoms with Crippen LogP contribution >= 0.6 is 11.6 Å². The largest absolute Gasteiger partial charge is 0.387 e. The SMILES string of the molecule is NNCC(O)c1ccccc1Cl. The van der Waals surface area contributed by atoms with Crippen LogP contribution in [0.15, 0.2) is 24.3 Å². The third-order valence-corrected chi connectivity index (χ3v) is 1.92. The summed E-state index contributed by atoms with van der Waals surface area (Å²) in [5, 5.41) is 10.0. The van der Waals surface area contributed by atoms with Crippen molar-refractivity contribution in [1.29, 1.82) is 0 Å². The predicted octanol–water partition coefficient (Wildman–Crippen LogP) is 0.837.